The van der Waals surface area contributed by atoms with Crippen LogP contribution in [0.1, 0.15) is 10.4 Å². The Bertz CT molecular complexity index is 740. The fourth-order valence-electron chi connectivity index (χ4n) is 2.01. The summed E-state index contributed by atoms with van der Waals surface area (Å²) in [7, 11) is -3.53. The first-order valence-corrected chi connectivity index (χ1v) is 9.43. The largest absolute Gasteiger partial charge is 0.350 e. The number of carbonyl (C=O) groups is 1. The number of aryl methyl sites for hydroxylation is 1. The van der Waals surface area contributed by atoms with Crippen LogP contribution < -0.4 is 9.62 Å². The zero-order chi connectivity index (χ0) is 16.2. The van der Waals surface area contributed by atoms with Crippen LogP contribution >= 0.6 is 11.3 Å². The van der Waals surface area contributed by atoms with Crippen molar-refractivity contribution in [2.24, 2.45) is 0 Å². The number of benzene rings is 1. The van der Waals surface area contributed by atoms with E-state index in [1.165, 1.54) is 0 Å². The van der Waals surface area contributed by atoms with E-state index in [1.54, 1.807) is 23.5 Å². The molecule has 0 saturated heterocycles. The molecule has 0 aliphatic rings. The van der Waals surface area contributed by atoms with E-state index in [9.17, 15) is 13.2 Å². The molecule has 1 heterocycles. The molecule has 1 aromatic heterocycles. The van der Waals surface area contributed by atoms with Crippen LogP contribution in [0.15, 0.2) is 41.8 Å². The third-order valence-corrected chi connectivity index (χ3v) is 5.11. The Balaban J connectivity index is 2.11. The molecule has 0 radical (unpaired) electrons. The highest BCUT2D eigenvalue weighted by atomic mass is 32.2. The van der Waals surface area contributed by atoms with Gasteiger partial charge in [-0.25, -0.2) is 8.42 Å². The minimum Gasteiger partial charge on any atom is -0.350 e. The van der Waals surface area contributed by atoms with Crippen molar-refractivity contribution < 1.29 is 13.2 Å². The van der Waals surface area contributed by atoms with Crippen molar-refractivity contribution in [2.75, 3.05) is 17.1 Å². The first-order chi connectivity index (χ1) is 10.4. The molecule has 1 amide bonds. The maximum atomic E-state index is 12.1. The molecule has 0 spiro atoms. The summed E-state index contributed by atoms with van der Waals surface area (Å²) in [5.74, 6) is -0.331. The molecule has 0 bridgehead atoms. The van der Waals surface area contributed by atoms with Gasteiger partial charge in [0.15, 0.2) is 0 Å². The summed E-state index contributed by atoms with van der Waals surface area (Å²) in [6.45, 7) is 1.99. The second kappa shape index (κ2) is 6.93. The number of anilines is 1. The number of rotatable bonds is 6. The van der Waals surface area contributed by atoms with Crippen LogP contribution in [0.4, 0.5) is 5.69 Å². The van der Waals surface area contributed by atoms with Gasteiger partial charge in [-0.15, -0.1) is 11.3 Å². The van der Waals surface area contributed by atoms with Crippen LogP contribution in [-0.4, -0.2) is 27.1 Å². The van der Waals surface area contributed by atoms with E-state index in [4.69, 9.17) is 0 Å². The van der Waals surface area contributed by atoms with Gasteiger partial charge in [0, 0.05) is 4.88 Å². The molecule has 22 heavy (non-hydrogen) atoms. The highest BCUT2D eigenvalue weighted by Crippen LogP contribution is 2.21. The van der Waals surface area contributed by atoms with E-state index in [-0.39, 0.29) is 12.5 Å². The predicted molar refractivity (Wildman–Crippen MR) is 89.5 cm³/mol. The number of sulfonamides is 1. The van der Waals surface area contributed by atoms with E-state index in [0.29, 0.717) is 12.2 Å². The summed E-state index contributed by atoms with van der Waals surface area (Å²) in [6, 6.07) is 10.9. The quantitative estimate of drug-likeness (QED) is 0.877. The fraction of sp³-hybridized carbons (Fsp3) is 0.267. The van der Waals surface area contributed by atoms with Gasteiger partial charge >= 0.3 is 0 Å². The van der Waals surface area contributed by atoms with Crippen molar-refractivity contribution in [1.82, 2.24) is 5.32 Å². The smallest absolute Gasteiger partial charge is 0.241 e. The maximum absolute atomic E-state index is 12.1. The van der Waals surface area contributed by atoms with Gasteiger partial charge in [-0.1, -0.05) is 24.3 Å². The van der Waals surface area contributed by atoms with Gasteiger partial charge in [0.05, 0.1) is 18.5 Å². The summed E-state index contributed by atoms with van der Waals surface area (Å²) >= 11 is 1.54. The summed E-state index contributed by atoms with van der Waals surface area (Å²) in [6.07, 6.45) is 1.10. The number of hydrogen-bond acceptors (Lipinski definition) is 4. The van der Waals surface area contributed by atoms with Gasteiger partial charge in [0.1, 0.15) is 6.54 Å². The number of carbonyl (C=O) groups excluding carboxylic acids is 1. The lowest BCUT2D eigenvalue weighted by molar-refractivity contribution is -0.119. The van der Waals surface area contributed by atoms with Crippen molar-refractivity contribution in [2.45, 2.75) is 13.5 Å². The predicted octanol–water partition coefficient (Wildman–Crippen LogP) is 2.14. The van der Waals surface area contributed by atoms with E-state index in [0.717, 1.165) is 21.0 Å². The lowest BCUT2D eigenvalue weighted by Gasteiger charge is -2.23. The number of nitrogens with one attached hydrogen (secondary N) is 1. The van der Waals surface area contributed by atoms with Crippen molar-refractivity contribution in [3.8, 4) is 0 Å². The number of thiophene rings is 1. The number of amides is 1. The summed E-state index contributed by atoms with van der Waals surface area (Å²) < 4.78 is 25.1. The molecule has 0 aliphatic heterocycles. The van der Waals surface area contributed by atoms with Crippen LogP contribution in [0.3, 0.4) is 0 Å². The average Bonchev–Trinajstić information content (AvgIpc) is 2.95. The first-order valence-electron chi connectivity index (χ1n) is 6.70. The van der Waals surface area contributed by atoms with Gasteiger partial charge in [0.25, 0.3) is 0 Å². The Kier molecular flexibility index (Phi) is 5.20. The molecule has 118 valence electrons. The Morgan fingerprint density at radius 3 is 2.55 bits per heavy atom. The highest BCUT2D eigenvalue weighted by molar-refractivity contribution is 7.92. The molecule has 7 heteroatoms. The second-order valence-corrected chi connectivity index (χ2v) is 7.85. The minimum absolute atomic E-state index is 0.227. The van der Waals surface area contributed by atoms with Crippen LogP contribution in [-0.2, 0) is 21.4 Å². The van der Waals surface area contributed by atoms with Gasteiger partial charge in [-0.2, -0.15) is 0 Å². The lowest BCUT2D eigenvalue weighted by Crippen LogP contribution is -2.40. The number of para-hydroxylation sites is 1. The van der Waals surface area contributed by atoms with Crippen molar-refractivity contribution in [3.63, 3.8) is 0 Å². The SMILES string of the molecule is Cc1ccccc1N(CC(=O)NCc1cccs1)S(C)(=O)=O. The summed E-state index contributed by atoms with van der Waals surface area (Å²) in [5, 5.41) is 4.67. The lowest BCUT2D eigenvalue weighted by atomic mass is 10.2. The monoisotopic (exact) mass is 338 g/mol. The zero-order valence-corrected chi connectivity index (χ0v) is 14.1. The van der Waals surface area contributed by atoms with E-state index >= 15 is 0 Å². The van der Waals surface area contributed by atoms with Gasteiger partial charge in [-0.05, 0) is 30.0 Å². The van der Waals surface area contributed by atoms with Gasteiger partial charge < -0.3 is 5.32 Å². The average molecular weight is 338 g/mol. The molecular formula is C15H18N2O3S2. The Hall–Kier alpha value is -1.86. The summed E-state index contributed by atoms with van der Waals surface area (Å²) in [4.78, 5) is 13.1. The highest BCUT2D eigenvalue weighted by Gasteiger charge is 2.21. The molecule has 2 rings (SSSR count). The standard InChI is InChI=1S/C15H18N2O3S2/c1-12-6-3-4-8-14(12)17(22(2,19)20)11-15(18)16-10-13-7-5-9-21-13/h3-9H,10-11H2,1-2H3,(H,16,18). The Morgan fingerprint density at radius 1 is 1.23 bits per heavy atom. The van der Waals surface area contributed by atoms with Crippen LogP contribution in [0, 0.1) is 6.92 Å². The number of hydrogen-bond donors (Lipinski definition) is 1. The Morgan fingerprint density at radius 2 is 1.95 bits per heavy atom. The maximum Gasteiger partial charge on any atom is 0.241 e. The fourth-order valence-corrected chi connectivity index (χ4v) is 3.57. The zero-order valence-electron chi connectivity index (χ0n) is 12.4. The molecule has 0 fully saturated rings. The van der Waals surface area contributed by atoms with E-state index in [2.05, 4.69) is 5.32 Å². The molecule has 0 aliphatic carbocycles. The molecule has 1 aromatic carbocycles. The molecule has 1 N–H and O–H groups in total. The van der Waals surface area contributed by atoms with Crippen LogP contribution in [0.2, 0.25) is 0 Å². The van der Waals surface area contributed by atoms with Crippen molar-refractivity contribution in [1.29, 1.82) is 0 Å². The molecule has 5 nitrogen and oxygen atoms in total. The molecule has 2 aromatic rings. The van der Waals surface area contributed by atoms with Crippen LogP contribution in [0.25, 0.3) is 0 Å². The van der Waals surface area contributed by atoms with E-state index in [1.807, 2.05) is 36.6 Å². The normalized spacial score (nSPS) is 11.2. The first kappa shape index (κ1) is 16.5. The molecule has 0 atom stereocenters. The van der Waals surface area contributed by atoms with E-state index < -0.39 is 10.0 Å². The van der Waals surface area contributed by atoms with Crippen molar-refractivity contribution in [3.05, 3.63) is 52.2 Å². The molecule has 0 unspecified atom stereocenters. The molecule has 0 saturated carbocycles. The summed E-state index contributed by atoms with van der Waals surface area (Å²) in [5.41, 5.74) is 1.33. The Labute approximate surface area is 134 Å². The topological polar surface area (TPSA) is 66.5 Å². The third-order valence-electron chi connectivity index (χ3n) is 3.11. The number of nitrogens with zero attached hydrogens (tertiary/aromatic N) is 1. The van der Waals surface area contributed by atoms with Crippen LogP contribution in [0.5, 0.6) is 0 Å². The van der Waals surface area contributed by atoms with Crippen molar-refractivity contribution >= 4 is 33.0 Å². The van der Waals surface area contributed by atoms with Gasteiger partial charge in [-0.3, -0.25) is 9.10 Å². The third kappa shape index (κ3) is 4.32. The minimum atomic E-state index is -3.53. The second-order valence-electron chi connectivity index (χ2n) is 4.91. The molecular weight excluding hydrogens is 320 g/mol. The van der Waals surface area contributed by atoms with Gasteiger partial charge in [0.2, 0.25) is 15.9 Å².